The van der Waals surface area contributed by atoms with Crippen LogP contribution in [-0.4, -0.2) is 52.0 Å². The molecule has 3 rings (SSSR count). The molecule has 0 saturated carbocycles. The lowest BCUT2D eigenvalue weighted by atomic mass is 9.97. The molecule has 5 heteroatoms. The average molecular weight is 290 g/mol. The number of anilines is 1. The molecule has 0 bridgehead atoms. The number of rotatable bonds is 2. The van der Waals surface area contributed by atoms with Crippen molar-refractivity contribution in [3.63, 3.8) is 0 Å². The van der Waals surface area contributed by atoms with Crippen molar-refractivity contribution in [2.75, 3.05) is 25.4 Å². The van der Waals surface area contributed by atoms with Gasteiger partial charge in [0, 0.05) is 37.9 Å². The maximum Gasteiger partial charge on any atom is 0.270 e. The number of amides is 1. The zero-order valence-corrected chi connectivity index (χ0v) is 13.1. The van der Waals surface area contributed by atoms with E-state index in [9.17, 15) is 4.79 Å². The van der Waals surface area contributed by atoms with Gasteiger partial charge in [-0.1, -0.05) is 6.42 Å². The number of carbonyl (C=O) groups excluding carboxylic acids is 1. The maximum atomic E-state index is 12.9. The monoisotopic (exact) mass is 290 g/mol. The van der Waals surface area contributed by atoms with E-state index in [0.717, 1.165) is 25.3 Å². The van der Waals surface area contributed by atoms with Crippen molar-refractivity contribution in [3.8, 4) is 0 Å². The van der Waals surface area contributed by atoms with Gasteiger partial charge in [-0.25, -0.2) is 0 Å². The molecule has 1 amide bonds. The fourth-order valence-electron chi connectivity index (χ4n) is 3.76. The van der Waals surface area contributed by atoms with Crippen molar-refractivity contribution in [3.05, 3.63) is 18.0 Å². The first-order valence-corrected chi connectivity index (χ1v) is 8.10. The predicted octanol–water partition coefficient (Wildman–Crippen LogP) is 1.79. The largest absolute Gasteiger partial charge is 0.397 e. The van der Waals surface area contributed by atoms with Gasteiger partial charge in [-0.15, -0.1) is 0 Å². The van der Waals surface area contributed by atoms with Crippen LogP contribution in [0.25, 0.3) is 0 Å². The number of nitrogens with zero attached hydrogens (tertiary/aromatic N) is 3. The molecule has 2 atom stereocenters. The Balaban J connectivity index is 1.80. The van der Waals surface area contributed by atoms with E-state index < -0.39 is 0 Å². The summed E-state index contributed by atoms with van der Waals surface area (Å²) in [5.74, 6) is 0.131. The molecule has 0 spiro atoms. The summed E-state index contributed by atoms with van der Waals surface area (Å²) in [6.07, 6.45) is 5.66. The third-order valence-electron chi connectivity index (χ3n) is 4.93. The second-order valence-electron chi connectivity index (χ2n) is 6.40. The summed E-state index contributed by atoms with van der Waals surface area (Å²) in [7, 11) is 0. The average Bonchev–Trinajstić information content (AvgIpc) is 2.87. The first-order chi connectivity index (χ1) is 10.1. The minimum absolute atomic E-state index is 0.131. The van der Waals surface area contributed by atoms with E-state index in [0.29, 0.717) is 11.7 Å². The number of piperazine rings is 1. The second-order valence-corrected chi connectivity index (χ2v) is 6.40. The van der Waals surface area contributed by atoms with Crippen LogP contribution in [0.3, 0.4) is 0 Å². The summed E-state index contributed by atoms with van der Waals surface area (Å²) >= 11 is 0. The Bertz CT molecular complexity index is 524. The summed E-state index contributed by atoms with van der Waals surface area (Å²) in [5.41, 5.74) is 7.26. The van der Waals surface area contributed by atoms with E-state index in [1.165, 1.54) is 25.8 Å². The number of nitrogen functional groups attached to an aromatic ring is 1. The van der Waals surface area contributed by atoms with Gasteiger partial charge >= 0.3 is 0 Å². The molecule has 2 fully saturated rings. The summed E-state index contributed by atoms with van der Waals surface area (Å²) in [6, 6.07) is 2.63. The fraction of sp³-hybridized carbons (Fsp3) is 0.688. The second kappa shape index (κ2) is 5.72. The molecule has 1 aromatic heterocycles. The van der Waals surface area contributed by atoms with Gasteiger partial charge in [-0.3, -0.25) is 9.69 Å². The Morgan fingerprint density at radius 2 is 2.19 bits per heavy atom. The number of hydrogen-bond donors (Lipinski definition) is 1. The highest BCUT2D eigenvalue weighted by Gasteiger charge is 2.36. The number of carbonyl (C=O) groups is 1. The first kappa shape index (κ1) is 14.4. The van der Waals surface area contributed by atoms with Gasteiger partial charge in [0.15, 0.2) is 0 Å². The highest BCUT2D eigenvalue weighted by molar-refractivity contribution is 5.94. The molecule has 1 aromatic rings. The van der Waals surface area contributed by atoms with Crippen LogP contribution in [0.15, 0.2) is 12.3 Å². The Morgan fingerprint density at radius 1 is 1.38 bits per heavy atom. The Labute approximate surface area is 126 Å². The van der Waals surface area contributed by atoms with Crippen LogP contribution < -0.4 is 5.73 Å². The Hall–Kier alpha value is -1.49. The van der Waals surface area contributed by atoms with Crippen LogP contribution in [0.4, 0.5) is 5.69 Å². The van der Waals surface area contributed by atoms with Crippen molar-refractivity contribution < 1.29 is 4.79 Å². The number of fused-ring (bicyclic) bond motifs is 1. The molecule has 21 heavy (non-hydrogen) atoms. The number of hydrogen-bond acceptors (Lipinski definition) is 3. The lowest BCUT2D eigenvalue weighted by molar-refractivity contribution is 0.0145. The van der Waals surface area contributed by atoms with Gasteiger partial charge in [-0.2, -0.15) is 0 Å². The van der Waals surface area contributed by atoms with Crippen molar-refractivity contribution in [1.29, 1.82) is 0 Å². The fourth-order valence-corrected chi connectivity index (χ4v) is 3.76. The van der Waals surface area contributed by atoms with Crippen LogP contribution >= 0.6 is 0 Å². The van der Waals surface area contributed by atoms with E-state index >= 15 is 0 Å². The van der Waals surface area contributed by atoms with Gasteiger partial charge in [0.2, 0.25) is 0 Å². The van der Waals surface area contributed by atoms with E-state index in [1.54, 1.807) is 0 Å². The van der Waals surface area contributed by atoms with Crippen LogP contribution in [0.1, 0.15) is 43.6 Å². The van der Waals surface area contributed by atoms with Gasteiger partial charge in [0.1, 0.15) is 5.69 Å². The molecule has 0 aliphatic carbocycles. The number of aromatic nitrogens is 1. The van der Waals surface area contributed by atoms with E-state index in [2.05, 4.69) is 11.8 Å². The maximum absolute atomic E-state index is 12.9. The van der Waals surface area contributed by atoms with Gasteiger partial charge in [0.25, 0.3) is 5.91 Å². The van der Waals surface area contributed by atoms with Crippen LogP contribution in [0.5, 0.6) is 0 Å². The summed E-state index contributed by atoms with van der Waals surface area (Å²) < 4.78 is 1.96. The van der Waals surface area contributed by atoms with Gasteiger partial charge in [0.05, 0.1) is 5.69 Å². The van der Waals surface area contributed by atoms with Crippen molar-refractivity contribution in [1.82, 2.24) is 14.4 Å². The highest BCUT2D eigenvalue weighted by Crippen LogP contribution is 2.25. The minimum atomic E-state index is 0.131. The zero-order chi connectivity index (χ0) is 15.0. The van der Waals surface area contributed by atoms with E-state index in [-0.39, 0.29) is 11.9 Å². The SMILES string of the molecule is CCn1cc(N)cc1C(=O)N1CC2CCCCN2CC1C. The lowest BCUT2D eigenvalue weighted by Crippen LogP contribution is -2.60. The number of nitrogens with two attached hydrogens (primary N) is 1. The highest BCUT2D eigenvalue weighted by atomic mass is 16.2. The van der Waals surface area contributed by atoms with Crippen LogP contribution in [-0.2, 0) is 6.54 Å². The summed E-state index contributed by atoms with van der Waals surface area (Å²) in [6.45, 7) is 8.02. The molecule has 3 heterocycles. The van der Waals surface area contributed by atoms with Gasteiger partial charge < -0.3 is 15.2 Å². The van der Waals surface area contributed by atoms with Crippen LogP contribution in [0, 0.1) is 0 Å². The molecular formula is C16H26N4O. The molecule has 2 aliphatic heterocycles. The molecule has 0 radical (unpaired) electrons. The molecule has 2 N–H and O–H groups in total. The van der Waals surface area contributed by atoms with Crippen molar-refractivity contribution in [2.45, 2.75) is 51.7 Å². The molecule has 2 saturated heterocycles. The molecular weight excluding hydrogens is 264 g/mol. The molecule has 5 nitrogen and oxygen atoms in total. The third kappa shape index (κ3) is 2.67. The van der Waals surface area contributed by atoms with Crippen LogP contribution in [0.2, 0.25) is 0 Å². The lowest BCUT2D eigenvalue weighted by Gasteiger charge is -2.47. The standard InChI is InChI=1S/C16H26N4O/c1-3-18-10-13(17)8-15(18)16(21)20-11-14-6-4-5-7-19(14)9-12(20)2/h8,10,12,14H,3-7,9,11,17H2,1-2H3. The topological polar surface area (TPSA) is 54.5 Å². The Morgan fingerprint density at radius 3 is 2.95 bits per heavy atom. The summed E-state index contributed by atoms with van der Waals surface area (Å²) in [4.78, 5) is 17.5. The normalized spacial score (nSPS) is 26.7. The summed E-state index contributed by atoms with van der Waals surface area (Å²) in [5, 5.41) is 0. The van der Waals surface area contributed by atoms with Gasteiger partial charge in [-0.05, 0) is 39.3 Å². The third-order valence-corrected chi connectivity index (χ3v) is 4.93. The van der Waals surface area contributed by atoms with Crippen molar-refractivity contribution >= 4 is 11.6 Å². The minimum Gasteiger partial charge on any atom is -0.397 e. The van der Waals surface area contributed by atoms with E-state index in [1.807, 2.05) is 28.7 Å². The van der Waals surface area contributed by atoms with Crippen molar-refractivity contribution in [2.24, 2.45) is 0 Å². The smallest absolute Gasteiger partial charge is 0.270 e. The quantitative estimate of drug-likeness (QED) is 0.903. The number of aryl methyl sites for hydroxylation is 1. The zero-order valence-electron chi connectivity index (χ0n) is 13.1. The first-order valence-electron chi connectivity index (χ1n) is 8.10. The molecule has 116 valence electrons. The molecule has 0 aromatic carbocycles. The Kier molecular flexibility index (Phi) is 3.93. The molecule has 2 unspecified atom stereocenters. The predicted molar refractivity (Wildman–Crippen MR) is 84.2 cm³/mol. The van der Waals surface area contributed by atoms with E-state index in [4.69, 9.17) is 5.73 Å². The number of piperidine rings is 1. The molecule has 2 aliphatic rings.